The van der Waals surface area contributed by atoms with Crippen molar-refractivity contribution in [1.82, 2.24) is 44.1 Å². The lowest BCUT2D eigenvalue weighted by molar-refractivity contribution is -0.160. The number of fused-ring (bicyclic) bond motifs is 4. The van der Waals surface area contributed by atoms with Crippen LogP contribution in [0.2, 0.25) is 15.1 Å². The number of carboxylic acid groups (broad SMARTS) is 1. The maximum atomic E-state index is 12.7. The Bertz CT molecular complexity index is 3590. The molecule has 9 aromatic rings. The summed E-state index contributed by atoms with van der Waals surface area (Å²) in [7, 11) is 5.89. The van der Waals surface area contributed by atoms with Crippen molar-refractivity contribution >= 4 is 123 Å². The molecule has 1 atom stereocenters. The van der Waals surface area contributed by atoms with E-state index in [0.717, 1.165) is 149 Å². The van der Waals surface area contributed by atoms with E-state index in [1.807, 2.05) is 130 Å². The molecule has 0 saturated carbocycles. The molecule has 2 aliphatic heterocycles. The zero-order valence-corrected chi connectivity index (χ0v) is 50.2. The normalized spacial score (nSPS) is 15.2. The molecule has 5 aromatic carbocycles. The van der Waals surface area contributed by atoms with Gasteiger partial charge in [0.05, 0.1) is 32.4 Å². The molecule has 406 valence electrons. The molecule has 19 heteroatoms. The van der Waals surface area contributed by atoms with Crippen LogP contribution in [-0.2, 0) is 30.7 Å². The van der Waals surface area contributed by atoms with Crippen molar-refractivity contribution in [3.63, 3.8) is 0 Å². The van der Waals surface area contributed by atoms with Gasteiger partial charge in [0.2, 0.25) is 0 Å². The van der Waals surface area contributed by atoms with Gasteiger partial charge in [0.25, 0.3) is 0 Å². The summed E-state index contributed by atoms with van der Waals surface area (Å²) in [4.78, 5) is 27.6. The highest BCUT2D eigenvalue weighted by atomic mass is 79.9. The van der Waals surface area contributed by atoms with Crippen molar-refractivity contribution in [3.05, 3.63) is 116 Å². The lowest BCUT2D eigenvalue weighted by Gasteiger charge is -2.37. The van der Waals surface area contributed by atoms with Gasteiger partial charge in [-0.2, -0.15) is 15.3 Å². The van der Waals surface area contributed by atoms with Crippen LogP contribution in [0, 0.1) is 6.92 Å². The van der Waals surface area contributed by atoms with E-state index >= 15 is 0 Å². The maximum absolute atomic E-state index is 12.7. The first-order valence-corrected chi connectivity index (χ1v) is 28.7. The van der Waals surface area contributed by atoms with E-state index < -0.39 is 17.7 Å². The first-order valence-electron chi connectivity index (χ1n) is 26.0. The van der Waals surface area contributed by atoms with Gasteiger partial charge in [-0.3, -0.25) is 23.8 Å². The summed E-state index contributed by atoms with van der Waals surface area (Å²) < 4.78 is 13.6. The predicted molar refractivity (Wildman–Crippen MR) is 323 cm³/mol. The smallest absolute Gasteiger partial charge is 0.337 e. The van der Waals surface area contributed by atoms with Gasteiger partial charge >= 0.3 is 5.97 Å². The fourth-order valence-corrected chi connectivity index (χ4v) is 12.5. The number of carbonyl (C=O) groups is 1. The number of carboxylic acids is 1. The Morgan fingerprint density at radius 1 is 0.636 bits per heavy atom. The van der Waals surface area contributed by atoms with Crippen molar-refractivity contribution in [2.75, 3.05) is 62.2 Å². The van der Waals surface area contributed by atoms with Crippen LogP contribution in [0.25, 0.3) is 64.6 Å². The zero-order valence-electron chi connectivity index (χ0n) is 45.6. The molecule has 6 heterocycles. The van der Waals surface area contributed by atoms with Crippen molar-refractivity contribution < 1.29 is 14.6 Å². The number of aliphatic carboxylic acids is 1. The third kappa shape index (κ3) is 12.3. The second kappa shape index (κ2) is 23.2. The Morgan fingerprint density at radius 3 is 1.60 bits per heavy atom. The number of aromatic nitrogens is 7. The predicted octanol–water partition coefficient (Wildman–Crippen LogP) is 13.7. The molecule has 0 bridgehead atoms. The highest BCUT2D eigenvalue weighted by Crippen LogP contribution is 2.45. The maximum Gasteiger partial charge on any atom is 0.337 e. The zero-order chi connectivity index (χ0) is 55.2. The SMILES string of the molecule is CC(C)N1CCN(c2nn(C)c3ccc(Cl)cc23)CC1.Cc1cc2nc(-c3ccc4c(c3)c(N3CCN(C(C)C)CC3)nn4C)sc2c(-c2ccc(Cl)cc2)c1[C@H](OC(C)(C)C)C(=O)O.Cn1nc(Br)c2cc(Cl)ccc21. The molecule has 4 aromatic heterocycles. The monoisotopic (exact) mass is 1180 g/mol. The van der Waals surface area contributed by atoms with E-state index in [1.165, 1.54) is 0 Å². The third-order valence-corrected chi connectivity index (χ3v) is 16.8. The standard InChI is InChI=1S/C35H40ClN5O3S.C15H21ClN4.C8H6BrClN2/c1-20(2)40-14-16-41(17-15-40)32-25-19-23(10-13-27(25)39(7)38-32)33-37-26-18-21(3)28(30(34(42)43)44-35(4,5)6)29(31(26)45-33)22-8-11-24(36)12-9-22;1-11(2)19-6-8-20(9-7-19)15-13-10-12(16)4-5-14(13)18(3)17-15;1-12-7-3-2-5(10)4-6(7)8(9)11-12/h8-13,18-20,30H,14-17H2,1-7H3,(H,42,43);4-5,10-11H,6-9H2,1-3H3;2-4H,1H3/t30-;;/m0../s1. The first kappa shape index (κ1) is 56.4. The number of aryl methyl sites for hydroxylation is 4. The van der Waals surface area contributed by atoms with Crippen LogP contribution < -0.4 is 9.80 Å². The molecule has 0 radical (unpaired) electrons. The average Bonchev–Trinajstić information content (AvgIpc) is 4.14. The van der Waals surface area contributed by atoms with Crippen molar-refractivity contribution in [2.45, 2.75) is 79.2 Å². The quantitative estimate of drug-likeness (QED) is 0.148. The topological polar surface area (TPSA) is 126 Å². The van der Waals surface area contributed by atoms with Gasteiger partial charge in [0.15, 0.2) is 17.7 Å². The summed E-state index contributed by atoms with van der Waals surface area (Å²) in [6.45, 7) is 24.7. The number of anilines is 2. The molecule has 11 rings (SSSR count). The van der Waals surface area contributed by atoms with Gasteiger partial charge in [-0.05, 0) is 155 Å². The van der Waals surface area contributed by atoms with Crippen LogP contribution in [0.3, 0.4) is 0 Å². The molecule has 0 unspecified atom stereocenters. The first-order chi connectivity index (χ1) is 36.5. The summed E-state index contributed by atoms with van der Waals surface area (Å²) >= 11 is 23.2. The van der Waals surface area contributed by atoms with E-state index in [1.54, 1.807) is 11.3 Å². The molecule has 0 spiro atoms. The van der Waals surface area contributed by atoms with Gasteiger partial charge in [-0.1, -0.05) is 46.9 Å². The largest absolute Gasteiger partial charge is 0.479 e. The lowest BCUT2D eigenvalue weighted by atomic mass is 9.91. The molecule has 1 N–H and O–H groups in total. The molecule has 2 saturated heterocycles. The van der Waals surface area contributed by atoms with Gasteiger partial charge in [0.1, 0.15) is 9.61 Å². The Hall–Kier alpha value is -5.30. The van der Waals surface area contributed by atoms with Crippen LogP contribution in [0.1, 0.15) is 65.7 Å². The Kier molecular flexibility index (Phi) is 17.0. The highest BCUT2D eigenvalue weighted by molar-refractivity contribution is 9.10. The molecule has 2 fully saturated rings. The molecule has 0 aliphatic carbocycles. The number of benzene rings is 5. The van der Waals surface area contributed by atoms with Crippen LogP contribution in [0.15, 0.2) is 89.5 Å². The second-order valence-corrected chi connectivity index (χ2v) is 24.5. The number of hydrogen-bond donors (Lipinski definition) is 1. The van der Waals surface area contributed by atoms with E-state index in [9.17, 15) is 9.90 Å². The minimum absolute atomic E-state index is 0.533. The number of rotatable bonds is 9. The fourth-order valence-electron chi connectivity index (χ4n) is 10.3. The Labute approximate surface area is 478 Å². The van der Waals surface area contributed by atoms with E-state index in [2.05, 4.69) is 91.6 Å². The number of thiazole rings is 1. The third-order valence-electron chi connectivity index (χ3n) is 14.3. The van der Waals surface area contributed by atoms with Gasteiger partial charge in [0, 0.05) is 134 Å². The summed E-state index contributed by atoms with van der Waals surface area (Å²) in [6.07, 6.45) is -1.16. The van der Waals surface area contributed by atoms with Crippen LogP contribution in [0.5, 0.6) is 0 Å². The minimum Gasteiger partial charge on any atom is -0.479 e. The number of hydrogen-bond acceptors (Lipinski definition) is 11. The summed E-state index contributed by atoms with van der Waals surface area (Å²) in [5.74, 6) is 1.03. The Morgan fingerprint density at radius 2 is 1.09 bits per heavy atom. The molecular weight excluding hydrogens is 1120 g/mol. The molecule has 0 amide bonds. The molecular formula is C58H67BrCl3N11O3S. The minimum atomic E-state index is -1.16. The fraction of sp³-hybridized carbons (Fsp3) is 0.397. The molecule has 77 heavy (non-hydrogen) atoms. The summed E-state index contributed by atoms with van der Waals surface area (Å²) in [5, 5.41) is 30.5. The van der Waals surface area contributed by atoms with Crippen molar-refractivity contribution in [3.8, 4) is 21.7 Å². The Balaban J connectivity index is 0.000000183. The van der Waals surface area contributed by atoms with Gasteiger partial charge < -0.3 is 19.6 Å². The van der Waals surface area contributed by atoms with Crippen molar-refractivity contribution in [2.24, 2.45) is 21.1 Å². The number of halogens is 4. The number of ether oxygens (including phenoxy) is 1. The van der Waals surface area contributed by atoms with E-state index in [-0.39, 0.29) is 0 Å². The second-order valence-electron chi connectivity index (χ2n) is 21.4. The van der Waals surface area contributed by atoms with E-state index in [0.29, 0.717) is 22.7 Å². The summed E-state index contributed by atoms with van der Waals surface area (Å²) in [6, 6.07) is 28.8. The molecule has 14 nitrogen and oxygen atoms in total. The van der Waals surface area contributed by atoms with E-state index in [4.69, 9.17) is 49.6 Å². The van der Waals surface area contributed by atoms with Crippen LogP contribution >= 0.6 is 62.1 Å². The average molecular weight is 1180 g/mol. The van der Waals surface area contributed by atoms with Gasteiger partial charge in [-0.25, -0.2) is 9.78 Å². The van der Waals surface area contributed by atoms with Crippen LogP contribution in [0.4, 0.5) is 11.6 Å². The highest BCUT2D eigenvalue weighted by Gasteiger charge is 2.33. The summed E-state index contributed by atoms with van der Waals surface area (Å²) in [5.41, 5.74) is 7.56. The van der Waals surface area contributed by atoms with Crippen LogP contribution in [-0.4, -0.2) is 125 Å². The lowest BCUT2D eigenvalue weighted by Crippen LogP contribution is -2.49. The molecule has 2 aliphatic rings. The van der Waals surface area contributed by atoms with Crippen molar-refractivity contribution in [1.29, 1.82) is 0 Å². The number of nitrogens with zero attached hydrogens (tertiary/aromatic N) is 11. The number of piperazine rings is 2. The van der Waals surface area contributed by atoms with Gasteiger partial charge in [-0.15, -0.1) is 11.3 Å².